The molecule has 0 radical (unpaired) electrons. The van der Waals surface area contributed by atoms with E-state index in [1.165, 1.54) is 12.8 Å². The van der Waals surface area contributed by atoms with Crippen LogP contribution in [0.15, 0.2) is 18.2 Å². The van der Waals surface area contributed by atoms with Crippen molar-refractivity contribution in [2.24, 2.45) is 0 Å². The Labute approximate surface area is 115 Å². The number of anilines is 1. The van der Waals surface area contributed by atoms with Crippen molar-refractivity contribution in [1.29, 1.82) is 0 Å². The van der Waals surface area contributed by atoms with Gasteiger partial charge < -0.3 is 15.4 Å². The van der Waals surface area contributed by atoms with E-state index in [9.17, 15) is 4.79 Å². The predicted octanol–water partition coefficient (Wildman–Crippen LogP) is 3.87. The van der Waals surface area contributed by atoms with E-state index in [1.807, 2.05) is 6.07 Å². The molecule has 19 heavy (non-hydrogen) atoms. The van der Waals surface area contributed by atoms with E-state index in [0.29, 0.717) is 11.1 Å². The van der Waals surface area contributed by atoms with Crippen LogP contribution in [0.3, 0.4) is 0 Å². The molecule has 1 aromatic heterocycles. The van der Waals surface area contributed by atoms with Gasteiger partial charge in [0.25, 0.3) is 0 Å². The molecular weight excluding hydrogens is 264 g/mol. The molecule has 1 aliphatic carbocycles. The van der Waals surface area contributed by atoms with E-state index in [2.05, 4.69) is 10.3 Å². The van der Waals surface area contributed by atoms with Gasteiger partial charge in [-0.1, -0.05) is 24.4 Å². The SMILES string of the molecule is O=C(O)c1cc2cc(Cl)cc(NC3CCCC3)c2[nH]1. The molecule has 1 saturated carbocycles. The molecule has 0 bridgehead atoms. The maximum absolute atomic E-state index is 11.0. The predicted molar refractivity (Wildman–Crippen MR) is 76.1 cm³/mol. The molecule has 100 valence electrons. The standard InChI is InChI=1S/C14H15ClN2O2/c15-9-5-8-6-12(14(18)19)17-13(8)11(7-9)16-10-3-1-2-4-10/h5-7,10,16-17H,1-4H2,(H,18,19). The fraction of sp³-hybridized carbons (Fsp3) is 0.357. The maximum atomic E-state index is 11.0. The number of H-pyrrole nitrogens is 1. The van der Waals surface area contributed by atoms with Crippen molar-refractivity contribution in [2.45, 2.75) is 31.7 Å². The number of benzene rings is 1. The summed E-state index contributed by atoms with van der Waals surface area (Å²) < 4.78 is 0. The number of fused-ring (bicyclic) bond motifs is 1. The second-order valence-corrected chi connectivity index (χ2v) is 5.47. The van der Waals surface area contributed by atoms with Gasteiger partial charge in [-0.3, -0.25) is 0 Å². The lowest BCUT2D eigenvalue weighted by atomic mass is 10.2. The third-order valence-corrected chi connectivity index (χ3v) is 3.86. The van der Waals surface area contributed by atoms with Crippen LogP contribution in [0.2, 0.25) is 5.02 Å². The van der Waals surface area contributed by atoms with Crippen molar-refractivity contribution in [1.82, 2.24) is 4.98 Å². The van der Waals surface area contributed by atoms with Crippen LogP contribution in [-0.2, 0) is 0 Å². The van der Waals surface area contributed by atoms with E-state index in [1.54, 1.807) is 12.1 Å². The van der Waals surface area contributed by atoms with Gasteiger partial charge in [-0.05, 0) is 31.0 Å². The molecule has 1 aromatic carbocycles. The van der Waals surface area contributed by atoms with Gasteiger partial charge in [-0.2, -0.15) is 0 Å². The van der Waals surface area contributed by atoms with Crippen LogP contribution < -0.4 is 5.32 Å². The van der Waals surface area contributed by atoms with Gasteiger partial charge in [0.1, 0.15) is 5.69 Å². The lowest BCUT2D eigenvalue weighted by Crippen LogP contribution is -2.14. The first-order valence-electron chi connectivity index (χ1n) is 6.45. The summed E-state index contributed by atoms with van der Waals surface area (Å²) in [7, 11) is 0. The summed E-state index contributed by atoms with van der Waals surface area (Å²) in [5, 5.41) is 14.0. The third-order valence-electron chi connectivity index (χ3n) is 3.64. The van der Waals surface area contributed by atoms with Crippen molar-refractivity contribution in [2.75, 3.05) is 5.32 Å². The summed E-state index contributed by atoms with van der Waals surface area (Å²) in [6, 6.07) is 5.70. The van der Waals surface area contributed by atoms with E-state index in [-0.39, 0.29) is 5.69 Å². The number of carboxylic acids is 1. The topological polar surface area (TPSA) is 65.1 Å². The van der Waals surface area contributed by atoms with Crippen molar-refractivity contribution in [3.63, 3.8) is 0 Å². The highest BCUT2D eigenvalue weighted by molar-refractivity contribution is 6.32. The highest BCUT2D eigenvalue weighted by atomic mass is 35.5. The minimum Gasteiger partial charge on any atom is -0.477 e. The third kappa shape index (κ3) is 2.40. The van der Waals surface area contributed by atoms with E-state index in [4.69, 9.17) is 16.7 Å². The zero-order valence-corrected chi connectivity index (χ0v) is 11.1. The Hall–Kier alpha value is -1.68. The Morgan fingerprint density at radius 3 is 2.74 bits per heavy atom. The summed E-state index contributed by atoms with van der Waals surface area (Å²) in [6.07, 6.45) is 4.79. The van der Waals surface area contributed by atoms with Gasteiger partial charge in [-0.15, -0.1) is 0 Å². The van der Waals surface area contributed by atoms with Crippen LogP contribution >= 0.6 is 11.6 Å². The first-order valence-corrected chi connectivity index (χ1v) is 6.83. The first kappa shape index (κ1) is 12.4. The van der Waals surface area contributed by atoms with Gasteiger partial charge in [0.15, 0.2) is 0 Å². The van der Waals surface area contributed by atoms with Crippen molar-refractivity contribution >= 4 is 34.2 Å². The molecule has 0 saturated heterocycles. The smallest absolute Gasteiger partial charge is 0.352 e. The average molecular weight is 279 g/mol. The number of aromatic nitrogens is 1. The normalized spacial score (nSPS) is 16.1. The number of hydrogen-bond donors (Lipinski definition) is 3. The summed E-state index contributed by atoms with van der Waals surface area (Å²) in [4.78, 5) is 14.0. The van der Waals surface area contributed by atoms with Crippen molar-refractivity contribution in [3.05, 3.63) is 28.9 Å². The van der Waals surface area contributed by atoms with Gasteiger partial charge >= 0.3 is 5.97 Å². The second kappa shape index (κ2) is 4.78. The highest BCUT2D eigenvalue weighted by Crippen LogP contribution is 2.31. The zero-order valence-electron chi connectivity index (χ0n) is 10.4. The Morgan fingerprint density at radius 1 is 1.32 bits per heavy atom. The Balaban J connectivity index is 2.03. The molecule has 3 N–H and O–H groups in total. The number of carboxylic acid groups (broad SMARTS) is 1. The number of rotatable bonds is 3. The fourth-order valence-corrected chi connectivity index (χ4v) is 2.95. The Morgan fingerprint density at radius 2 is 2.05 bits per heavy atom. The minimum atomic E-state index is -0.959. The zero-order chi connectivity index (χ0) is 13.4. The molecule has 0 amide bonds. The van der Waals surface area contributed by atoms with Crippen LogP contribution in [0.25, 0.3) is 10.9 Å². The second-order valence-electron chi connectivity index (χ2n) is 5.03. The van der Waals surface area contributed by atoms with E-state index >= 15 is 0 Å². The van der Waals surface area contributed by atoms with Crippen LogP contribution in [-0.4, -0.2) is 22.1 Å². The van der Waals surface area contributed by atoms with Crippen LogP contribution in [0, 0.1) is 0 Å². The maximum Gasteiger partial charge on any atom is 0.352 e. The molecule has 0 unspecified atom stereocenters. The molecule has 0 aliphatic heterocycles. The van der Waals surface area contributed by atoms with Crippen LogP contribution in [0.4, 0.5) is 5.69 Å². The molecule has 0 spiro atoms. The lowest BCUT2D eigenvalue weighted by molar-refractivity contribution is 0.0691. The van der Waals surface area contributed by atoms with Crippen molar-refractivity contribution in [3.8, 4) is 0 Å². The molecular formula is C14H15ClN2O2. The quantitative estimate of drug-likeness (QED) is 0.798. The summed E-state index contributed by atoms with van der Waals surface area (Å²) in [5.41, 5.74) is 1.89. The molecule has 2 aromatic rings. The monoisotopic (exact) mass is 278 g/mol. The largest absolute Gasteiger partial charge is 0.477 e. The summed E-state index contributed by atoms with van der Waals surface area (Å²) in [6.45, 7) is 0. The molecule has 4 nitrogen and oxygen atoms in total. The van der Waals surface area contributed by atoms with Crippen LogP contribution in [0.5, 0.6) is 0 Å². The number of nitrogens with one attached hydrogen (secondary N) is 2. The lowest BCUT2D eigenvalue weighted by Gasteiger charge is -2.14. The number of carbonyl (C=O) groups is 1. The summed E-state index contributed by atoms with van der Waals surface area (Å²) in [5.74, 6) is -0.959. The molecule has 1 aliphatic rings. The number of aromatic amines is 1. The van der Waals surface area contributed by atoms with E-state index in [0.717, 1.165) is 29.4 Å². The first-order chi connectivity index (χ1) is 9.13. The van der Waals surface area contributed by atoms with Crippen molar-refractivity contribution < 1.29 is 9.90 Å². The van der Waals surface area contributed by atoms with Gasteiger partial charge in [0.05, 0.1) is 11.2 Å². The molecule has 3 rings (SSSR count). The van der Waals surface area contributed by atoms with Gasteiger partial charge in [0.2, 0.25) is 0 Å². The van der Waals surface area contributed by atoms with Gasteiger partial charge in [0, 0.05) is 16.5 Å². The number of halogens is 1. The molecule has 5 heteroatoms. The van der Waals surface area contributed by atoms with E-state index < -0.39 is 5.97 Å². The van der Waals surface area contributed by atoms with Crippen LogP contribution in [0.1, 0.15) is 36.2 Å². The molecule has 0 atom stereocenters. The Kier molecular flexibility index (Phi) is 3.11. The number of hydrogen-bond acceptors (Lipinski definition) is 2. The minimum absolute atomic E-state index is 0.187. The average Bonchev–Trinajstić information content (AvgIpc) is 2.97. The Bertz CT molecular complexity index is 630. The molecule has 1 fully saturated rings. The highest BCUT2D eigenvalue weighted by Gasteiger charge is 2.17. The summed E-state index contributed by atoms with van der Waals surface area (Å²) >= 11 is 6.10. The fourth-order valence-electron chi connectivity index (χ4n) is 2.73. The molecule has 1 heterocycles. The van der Waals surface area contributed by atoms with Gasteiger partial charge in [-0.25, -0.2) is 4.79 Å². The number of aromatic carboxylic acids is 1.